The van der Waals surface area contributed by atoms with Gasteiger partial charge in [0.1, 0.15) is 22.8 Å². The van der Waals surface area contributed by atoms with Crippen molar-refractivity contribution in [3.63, 3.8) is 0 Å². The van der Waals surface area contributed by atoms with Crippen molar-refractivity contribution < 1.29 is 4.74 Å². The van der Waals surface area contributed by atoms with Crippen LogP contribution >= 0.6 is 11.6 Å². The maximum atomic E-state index is 7.25. The largest absolute Gasteiger partial charge is 0.490 e. The number of hydrogen-bond donors (Lipinski definition) is 1. The van der Waals surface area contributed by atoms with Crippen molar-refractivity contribution in [1.29, 1.82) is 0 Å². The Morgan fingerprint density at radius 3 is 2.89 bits per heavy atom. The van der Waals surface area contributed by atoms with Crippen LogP contribution in [0.5, 0.6) is 5.75 Å². The third-order valence-electron chi connectivity index (χ3n) is 4.81. The molecule has 3 aromatic rings. The number of nitrogens with one attached hydrogen (secondary N) is 1. The molecule has 0 radical (unpaired) electrons. The summed E-state index contributed by atoms with van der Waals surface area (Å²) in [6.45, 7) is 7.25. The van der Waals surface area contributed by atoms with E-state index in [0.717, 1.165) is 53.7 Å². The molecular formula is C21H19ClN4O. The maximum Gasteiger partial charge on any atom is 0.227 e. The molecule has 2 atom stereocenters. The Kier molecular flexibility index (Phi) is 5.08. The van der Waals surface area contributed by atoms with E-state index in [4.69, 9.17) is 22.9 Å². The highest BCUT2D eigenvalue weighted by atomic mass is 35.5. The molecule has 6 heteroatoms. The van der Waals surface area contributed by atoms with Crippen LogP contribution in [0.2, 0.25) is 5.15 Å². The highest BCUT2D eigenvalue weighted by molar-refractivity contribution is 6.29. The third-order valence-corrected chi connectivity index (χ3v) is 5.03. The minimum Gasteiger partial charge on any atom is -0.490 e. The Labute approximate surface area is 163 Å². The molecule has 1 aliphatic rings. The van der Waals surface area contributed by atoms with E-state index in [1.54, 1.807) is 18.5 Å². The van der Waals surface area contributed by atoms with Crippen molar-refractivity contribution in [2.24, 2.45) is 0 Å². The first kappa shape index (κ1) is 17.6. The number of rotatable bonds is 4. The molecule has 136 valence electrons. The fraction of sp³-hybridized carbons (Fsp3) is 0.286. The van der Waals surface area contributed by atoms with Crippen LogP contribution in [-0.4, -0.2) is 22.1 Å². The van der Waals surface area contributed by atoms with E-state index in [-0.39, 0.29) is 12.1 Å². The molecule has 1 aliphatic carbocycles. The summed E-state index contributed by atoms with van der Waals surface area (Å²) < 4.78 is 6.16. The zero-order valence-corrected chi connectivity index (χ0v) is 15.5. The first-order valence-corrected chi connectivity index (χ1v) is 9.39. The second-order valence-electron chi connectivity index (χ2n) is 6.73. The number of fused-ring (bicyclic) bond motifs is 1. The predicted octanol–water partition coefficient (Wildman–Crippen LogP) is 5.64. The molecule has 1 fully saturated rings. The minimum absolute atomic E-state index is 0.0946. The lowest BCUT2D eigenvalue weighted by atomic mass is 9.93. The van der Waals surface area contributed by atoms with Crippen LogP contribution in [0.1, 0.15) is 25.7 Å². The van der Waals surface area contributed by atoms with Crippen LogP contribution in [0, 0.1) is 6.57 Å². The van der Waals surface area contributed by atoms with Gasteiger partial charge in [-0.15, -0.1) is 0 Å². The first-order chi connectivity index (χ1) is 13.2. The summed E-state index contributed by atoms with van der Waals surface area (Å²) in [4.78, 5) is 12.2. The van der Waals surface area contributed by atoms with Crippen molar-refractivity contribution in [3.05, 3.63) is 65.4 Å². The summed E-state index contributed by atoms with van der Waals surface area (Å²) in [5.41, 5.74) is 0.826. The number of halogens is 1. The molecule has 0 spiro atoms. The SMILES string of the molecule is [C-]#[N+][C@H]1CCC[C@@H](Oc2ccc3c(Nc4ccc(Cl)nc4)nccc3c2)C1. The third kappa shape index (κ3) is 4.12. The molecule has 2 aromatic heterocycles. The van der Waals surface area contributed by atoms with Gasteiger partial charge in [0.2, 0.25) is 6.04 Å². The zero-order chi connectivity index (χ0) is 18.6. The van der Waals surface area contributed by atoms with Gasteiger partial charge in [-0.05, 0) is 54.6 Å². The number of ether oxygens (including phenoxy) is 1. The normalized spacial score (nSPS) is 19.4. The van der Waals surface area contributed by atoms with Crippen LogP contribution in [0.25, 0.3) is 15.6 Å². The van der Waals surface area contributed by atoms with Crippen LogP contribution in [0.4, 0.5) is 11.5 Å². The van der Waals surface area contributed by atoms with E-state index in [0.29, 0.717) is 5.15 Å². The number of nitrogens with zero attached hydrogens (tertiary/aromatic N) is 3. The van der Waals surface area contributed by atoms with Crippen molar-refractivity contribution in [2.45, 2.75) is 37.8 Å². The Balaban J connectivity index is 1.55. The van der Waals surface area contributed by atoms with Gasteiger partial charge in [-0.2, -0.15) is 0 Å². The number of hydrogen-bond acceptors (Lipinski definition) is 4. The highest BCUT2D eigenvalue weighted by Crippen LogP contribution is 2.30. The summed E-state index contributed by atoms with van der Waals surface area (Å²) in [5, 5.41) is 5.79. The molecule has 0 saturated heterocycles. The Morgan fingerprint density at radius 2 is 2.07 bits per heavy atom. The van der Waals surface area contributed by atoms with Gasteiger partial charge < -0.3 is 14.9 Å². The van der Waals surface area contributed by atoms with E-state index in [9.17, 15) is 0 Å². The summed E-state index contributed by atoms with van der Waals surface area (Å²) in [5.74, 6) is 1.59. The van der Waals surface area contributed by atoms with Crippen molar-refractivity contribution in [3.8, 4) is 5.75 Å². The fourth-order valence-electron chi connectivity index (χ4n) is 3.45. The van der Waals surface area contributed by atoms with Gasteiger partial charge in [-0.3, -0.25) is 0 Å². The number of anilines is 2. The predicted molar refractivity (Wildman–Crippen MR) is 108 cm³/mol. The van der Waals surface area contributed by atoms with E-state index >= 15 is 0 Å². The molecule has 1 aromatic carbocycles. The van der Waals surface area contributed by atoms with Gasteiger partial charge in [0.15, 0.2) is 0 Å². The molecule has 5 nitrogen and oxygen atoms in total. The lowest BCUT2D eigenvalue weighted by Gasteiger charge is -2.24. The van der Waals surface area contributed by atoms with Gasteiger partial charge in [0.25, 0.3) is 0 Å². The molecule has 27 heavy (non-hydrogen) atoms. The minimum atomic E-state index is 0.0946. The van der Waals surface area contributed by atoms with Gasteiger partial charge in [0.05, 0.1) is 18.3 Å². The molecule has 0 unspecified atom stereocenters. The van der Waals surface area contributed by atoms with Crippen molar-refractivity contribution in [2.75, 3.05) is 5.32 Å². The van der Waals surface area contributed by atoms with E-state index in [2.05, 4.69) is 20.1 Å². The van der Waals surface area contributed by atoms with E-state index in [1.165, 1.54) is 0 Å². The maximum absolute atomic E-state index is 7.25. The molecule has 4 rings (SSSR count). The van der Waals surface area contributed by atoms with Crippen LogP contribution < -0.4 is 10.1 Å². The number of aromatic nitrogens is 2. The standard InChI is InChI=1S/C21H19ClN4O/c1-23-15-3-2-4-17(12-15)27-18-6-7-19-14(11-18)9-10-24-21(19)26-16-5-8-20(22)25-13-16/h5-11,13,15,17H,2-4,12H2,(H,24,26)/t15-,17+/m0/s1. The second kappa shape index (κ2) is 7.81. The van der Waals surface area contributed by atoms with Gasteiger partial charge >= 0.3 is 0 Å². The molecule has 2 heterocycles. The van der Waals surface area contributed by atoms with Gasteiger partial charge in [-0.1, -0.05) is 11.6 Å². The number of benzene rings is 1. The summed E-state index contributed by atoms with van der Waals surface area (Å²) in [6.07, 6.45) is 7.44. The average Bonchev–Trinajstić information content (AvgIpc) is 2.70. The fourth-order valence-corrected chi connectivity index (χ4v) is 3.56. The van der Waals surface area contributed by atoms with Gasteiger partial charge in [-0.25, -0.2) is 16.5 Å². The highest BCUT2D eigenvalue weighted by Gasteiger charge is 2.26. The number of pyridine rings is 2. The summed E-state index contributed by atoms with van der Waals surface area (Å²) in [6, 6.07) is 11.7. The summed E-state index contributed by atoms with van der Waals surface area (Å²) in [7, 11) is 0. The topological polar surface area (TPSA) is 51.4 Å². The molecule has 1 N–H and O–H groups in total. The van der Waals surface area contributed by atoms with Crippen molar-refractivity contribution >= 4 is 33.9 Å². The smallest absolute Gasteiger partial charge is 0.227 e. The Hall–Kier alpha value is -2.84. The van der Waals surface area contributed by atoms with Gasteiger partial charge in [0, 0.05) is 18.0 Å². The van der Waals surface area contributed by atoms with Crippen LogP contribution in [-0.2, 0) is 0 Å². The summed E-state index contributed by atoms with van der Waals surface area (Å²) >= 11 is 5.84. The molecule has 1 saturated carbocycles. The zero-order valence-electron chi connectivity index (χ0n) is 14.7. The first-order valence-electron chi connectivity index (χ1n) is 9.02. The molecule has 0 bridgehead atoms. The molecule has 0 amide bonds. The van der Waals surface area contributed by atoms with Crippen molar-refractivity contribution in [1.82, 2.24) is 9.97 Å². The van der Waals surface area contributed by atoms with E-state index in [1.807, 2.05) is 30.3 Å². The lowest BCUT2D eigenvalue weighted by molar-refractivity contribution is 0.151. The molecular weight excluding hydrogens is 360 g/mol. The Bertz CT molecular complexity index is 984. The second-order valence-corrected chi connectivity index (χ2v) is 7.11. The average molecular weight is 379 g/mol. The van der Waals surface area contributed by atoms with Crippen LogP contribution in [0.3, 0.4) is 0 Å². The molecule has 0 aliphatic heterocycles. The lowest BCUT2D eigenvalue weighted by Crippen LogP contribution is -2.26. The Morgan fingerprint density at radius 1 is 1.15 bits per heavy atom. The quantitative estimate of drug-likeness (QED) is 0.471. The monoisotopic (exact) mass is 378 g/mol. The van der Waals surface area contributed by atoms with E-state index < -0.39 is 0 Å². The van der Waals surface area contributed by atoms with Crippen LogP contribution in [0.15, 0.2) is 48.8 Å².